The molecule has 0 saturated carbocycles. The van der Waals surface area contributed by atoms with E-state index in [9.17, 15) is 18.1 Å². The summed E-state index contributed by atoms with van der Waals surface area (Å²) in [4.78, 5) is -0.197. The van der Waals surface area contributed by atoms with Gasteiger partial charge in [-0.1, -0.05) is 49.4 Å². The molecule has 0 fully saturated rings. The Bertz CT molecular complexity index is 1930. The van der Waals surface area contributed by atoms with Crippen molar-refractivity contribution in [2.75, 3.05) is 7.11 Å². The van der Waals surface area contributed by atoms with E-state index in [2.05, 4.69) is 27.4 Å². The van der Waals surface area contributed by atoms with Crippen LogP contribution < -0.4 is 4.74 Å². The Morgan fingerprint density at radius 2 is 1.52 bits per heavy atom. The molecular weight excluding hydrogens is 528 g/mol. The van der Waals surface area contributed by atoms with Crippen LogP contribution in [0.1, 0.15) is 18.1 Å². The molecule has 202 valence electrons. The normalized spacial score (nSPS) is 12.2. The molecule has 9 nitrogen and oxygen atoms in total. The Hall–Kier alpha value is -4.67. The highest BCUT2D eigenvalue weighted by molar-refractivity contribution is 7.86. The van der Waals surface area contributed by atoms with Crippen molar-refractivity contribution in [3.63, 3.8) is 0 Å². The SMILES string of the molecule is CCc1ccc2c(O)c(N=Nc3cc(C)c(N=Nc4ccc5cccc(S(=O)(=O)O)c5c4)cc3OC)ccc2c1. The van der Waals surface area contributed by atoms with Gasteiger partial charge < -0.3 is 9.84 Å². The maximum atomic E-state index is 11.8. The first kappa shape index (κ1) is 26.9. The quantitative estimate of drug-likeness (QED) is 0.153. The minimum Gasteiger partial charge on any atom is -0.505 e. The highest BCUT2D eigenvalue weighted by atomic mass is 32.2. The number of benzene rings is 5. The Morgan fingerprint density at radius 3 is 2.27 bits per heavy atom. The number of aryl methyl sites for hydroxylation is 2. The molecule has 5 rings (SSSR count). The first-order valence-electron chi connectivity index (χ1n) is 12.4. The number of methoxy groups -OCH3 is 1. The summed E-state index contributed by atoms with van der Waals surface area (Å²) in [5.74, 6) is 0.459. The highest BCUT2D eigenvalue weighted by Crippen LogP contribution is 2.39. The predicted octanol–water partition coefficient (Wildman–Crippen LogP) is 8.66. The average molecular weight is 555 g/mol. The van der Waals surface area contributed by atoms with E-state index in [1.807, 2.05) is 31.2 Å². The second-order valence-electron chi connectivity index (χ2n) is 9.19. The first-order valence-corrected chi connectivity index (χ1v) is 13.9. The number of nitrogens with zero attached hydrogens (tertiary/aromatic N) is 4. The lowest BCUT2D eigenvalue weighted by Gasteiger charge is -2.08. The number of azo groups is 2. The molecule has 5 aromatic carbocycles. The molecule has 0 heterocycles. The number of rotatable bonds is 7. The van der Waals surface area contributed by atoms with Crippen LogP contribution in [0.15, 0.2) is 104 Å². The lowest BCUT2D eigenvalue weighted by Crippen LogP contribution is -1.98. The van der Waals surface area contributed by atoms with Gasteiger partial charge in [0.2, 0.25) is 0 Å². The number of aromatic hydroxyl groups is 1. The molecule has 0 atom stereocenters. The molecule has 0 aliphatic heterocycles. The third-order valence-electron chi connectivity index (χ3n) is 6.58. The van der Waals surface area contributed by atoms with Gasteiger partial charge in [-0.3, -0.25) is 4.55 Å². The fraction of sp³-hybridized carbons (Fsp3) is 0.133. The summed E-state index contributed by atoms with van der Waals surface area (Å²) in [6.45, 7) is 3.92. The molecule has 0 spiro atoms. The van der Waals surface area contributed by atoms with Crippen LogP contribution in [0.2, 0.25) is 0 Å². The minimum atomic E-state index is -4.40. The number of ether oxygens (including phenoxy) is 1. The van der Waals surface area contributed by atoms with Gasteiger partial charge in [-0.15, -0.1) is 10.2 Å². The zero-order valence-corrected chi connectivity index (χ0v) is 22.8. The van der Waals surface area contributed by atoms with Gasteiger partial charge in [0.25, 0.3) is 10.1 Å². The van der Waals surface area contributed by atoms with Crippen molar-refractivity contribution in [2.45, 2.75) is 25.2 Å². The van der Waals surface area contributed by atoms with E-state index in [4.69, 9.17) is 4.74 Å². The van der Waals surface area contributed by atoms with E-state index in [1.54, 1.807) is 48.5 Å². The van der Waals surface area contributed by atoms with E-state index < -0.39 is 10.1 Å². The molecule has 0 aliphatic carbocycles. The number of phenols is 1. The summed E-state index contributed by atoms with van der Waals surface area (Å²) in [5, 5.41) is 30.6. The van der Waals surface area contributed by atoms with Crippen LogP contribution in [-0.2, 0) is 16.5 Å². The molecule has 0 aromatic heterocycles. The highest BCUT2D eigenvalue weighted by Gasteiger charge is 2.14. The van der Waals surface area contributed by atoms with E-state index in [0.717, 1.165) is 17.4 Å². The van der Waals surface area contributed by atoms with Crippen LogP contribution in [-0.4, -0.2) is 25.2 Å². The monoisotopic (exact) mass is 554 g/mol. The molecule has 0 amide bonds. The van der Waals surface area contributed by atoms with Crippen LogP contribution in [0, 0.1) is 6.92 Å². The van der Waals surface area contributed by atoms with Crippen LogP contribution in [0.5, 0.6) is 11.5 Å². The Balaban J connectivity index is 1.45. The van der Waals surface area contributed by atoms with Gasteiger partial charge in [-0.25, -0.2) is 0 Å². The summed E-state index contributed by atoms with van der Waals surface area (Å²) >= 11 is 0. The van der Waals surface area contributed by atoms with Gasteiger partial charge in [-0.2, -0.15) is 18.6 Å². The van der Waals surface area contributed by atoms with Crippen molar-refractivity contribution in [3.8, 4) is 11.5 Å². The van der Waals surface area contributed by atoms with Crippen LogP contribution in [0.4, 0.5) is 22.7 Å². The zero-order valence-electron chi connectivity index (χ0n) is 22.0. The standard InChI is InChI=1S/C30H26N4O5S/c1-4-19-8-12-23-21(15-19)10-13-25(30(23)35)32-34-27-14-18(2)26(17-28(27)39-3)33-31-22-11-9-20-6-5-7-29(24(20)16-22)40(36,37)38/h5-17,35H,4H2,1-3H3,(H,36,37,38). The molecule has 10 heteroatoms. The lowest BCUT2D eigenvalue weighted by atomic mass is 10.0. The fourth-order valence-electron chi connectivity index (χ4n) is 4.40. The minimum absolute atomic E-state index is 0.0533. The maximum Gasteiger partial charge on any atom is 0.295 e. The van der Waals surface area contributed by atoms with Crippen LogP contribution in [0.25, 0.3) is 21.5 Å². The lowest BCUT2D eigenvalue weighted by molar-refractivity contribution is 0.416. The smallest absolute Gasteiger partial charge is 0.295 e. The molecule has 0 aliphatic rings. The fourth-order valence-corrected chi connectivity index (χ4v) is 5.11. The second-order valence-corrected chi connectivity index (χ2v) is 10.6. The van der Waals surface area contributed by atoms with Gasteiger partial charge >= 0.3 is 0 Å². The molecule has 2 N–H and O–H groups in total. The molecule has 0 unspecified atom stereocenters. The predicted molar refractivity (Wildman–Crippen MR) is 155 cm³/mol. The molecule has 0 radical (unpaired) electrons. The molecular formula is C30H26N4O5S. The number of hydrogen-bond donors (Lipinski definition) is 2. The molecule has 5 aromatic rings. The number of hydrogen-bond acceptors (Lipinski definition) is 8. The maximum absolute atomic E-state index is 11.8. The summed E-state index contributed by atoms with van der Waals surface area (Å²) in [7, 11) is -2.90. The van der Waals surface area contributed by atoms with E-state index in [1.165, 1.54) is 18.7 Å². The molecule has 0 saturated heterocycles. The van der Waals surface area contributed by atoms with Crippen molar-refractivity contribution in [1.82, 2.24) is 0 Å². The van der Waals surface area contributed by atoms with Crippen molar-refractivity contribution >= 4 is 54.4 Å². The second kappa shape index (κ2) is 10.8. The number of fused-ring (bicyclic) bond motifs is 2. The zero-order chi connectivity index (χ0) is 28.4. The summed E-state index contributed by atoms with van der Waals surface area (Å²) < 4.78 is 38.7. The van der Waals surface area contributed by atoms with Crippen molar-refractivity contribution in [2.24, 2.45) is 20.5 Å². The Kier molecular flexibility index (Phi) is 7.29. The molecule has 40 heavy (non-hydrogen) atoms. The van der Waals surface area contributed by atoms with E-state index in [0.29, 0.717) is 44.7 Å². The summed E-state index contributed by atoms with van der Waals surface area (Å²) in [6.07, 6.45) is 0.907. The third-order valence-corrected chi connectivity index (χ3v) is 7.49. The summed E-state index contributed by atoms with van der Waals surface area (Å²) in [6, 6.07) is 22.5. The Morgan fingerprint density at radius 1 is 0.775 bits per heavy atom. The van der Waals surface area contributed by atoms with Gasteiger partial charge in [0.05, 0.1) is 18.5 Å². The third kappa shape index (κ3) is 5.40. The summed E-state index contributed by atoms with van der Waals surface area (Å²) in [5.41, 5.74) is 3.63. The van der Waals surface area contributed by atoms with E-state index >= 15 is 0 Å². The van der Waals surface area contributed by atoms with Gasteiger partial charge in [0.15, 0.2) is 5.75 Å². The van der Waals surface area contributed by atoms with Crippen LogP contribution >= 0.6 is 0 Å². The van der Waals surface area contributed by atoms with Gasteiger partial charge in [0.1, 0.15) is 22.0 Å². The van der Waals surface area contributed by atoms with Gasteiger partial charge in [-0.05, 0) is 65.6 Å². The largest absolute Gasteiger partial charge is 0.505 e. The van der Waals surface area contributed by atoms with Crippen molar-refractivity contribution in [3.05, 3.63) is 90.0 Å². The van der Waals surface area contributed by atoms with E-state index in [-0.39, 0.29) is 10.6 Å². The number of phenolic OH excluding ortho intramolecular Hbond substituents is 1. The van der Waals surface area contributed by atoms with Crippen molar-refractivity contribution in [1.29, 1.82) is 0 Å². The molecule has 0 bridgehead atoms. The van der Waals surface area contributed by atoms with Crippen molar-refractivity contribution < 1.29 is 22.8 Å². The topological polar surface area (TPSA) is 133 Å². The Labute approximate surface area is 231 Å². The van der Waals surface area contributed by atoms with Crippen LogP contribution in [0.3, 0.4) is 0 Å². The first-order chi connectivity index (χ1) is 19.2. The van der Waals surface area contributed by atoms with Gasteiger partial charge in [0, 0.05) is 16.8 Å². The average Bonchev–Trinajstić information content (AvgIpc) is 2.95.